The van der Waals surface area contributed by atoms with Gasteiger partial charge in [-0.15, -0.1) is 0 Å². The van der Waals surface area contributed by atoms with Crippen LogP contribution in [0.25, 0.3) is 6.08 Å². The molecule has 0 amide bonds. The average molecular weight is 275 g/mol. The van der Waals surface area contributed by atoms with Gasteiger partial charge in [0.25, 0.3) is 0 Å². The van der Waals surface area contributed by atoms with E-state index < -0.39 is 5.97 Å². The molecule has 20 heavy (non-hydrogen) atoms. The molecule has 0 radical (unpaired) electrons. The van der Waals surface area contributed by atoms with Gasteiger partial charge < -0.3 is 9.84 Å². The molecule has 0 spiro atoms. The highest BCUT2D eigenvalue weighted by Gasteiger charge is 2.22. The fourth-order valence-corrected chi connectivity index (χ4v) is 2.66. The second-order valence-corrected chi connectivity index (χ2v) is 5.32. The third-order valence-electron chi connectivity index (χ3n) is 3.35. The number of hydrogen-bond donors (Lipinski definition) is 1. The van der Waals surface area contributed by atoms with Crippen LogP contribution in [0.3, 0.4) is 0 Å². The highest BCUT2D eigenvalue weighted by molar-refractivity contribution is 5.85. The van der Waals surface area contributed by atoms with Gasteiger partial charge in [0.15, 0.2) is 0 Å². The van der Waals surface area contributed by atoms with E-state index in [9.17, 15) is 4.79 Å². The van der Waals surface area contributed by atoms with Crippen LogP contribution in [0.4, 0.5) is 0 Å². The van der Waals surface area contributed by atoms with Crippen molar-refractivity contribution in [2.24, 2.45) is 0 Å². The van der Waals surface area contributed by atoms with Gasteiger partial charge in [-0.1, -0.05) is 24.3 Å². The van der Waals surface area contributed by atoms with Crippen molar-refractivity contribution in [3.63, 3.8) is 0 Å². The molecule has 0 saturated carbocycles. The summed E-state index contributed by atoms with van der Waals surface area (Å²) in [6.07, 6.45) is 3.31. The zero-order chi connectivity index (χ0) is 14.5. The minimum Gasteiger partial charge on any atom is -0.478 e. The van der Waals surface area contributed by atoms with Crippen LogP contribution in [-0.4, -0.2) is 41.3 Å². The number of ether oxygens (including phenoxy) is 1. The largest absolute Gasteiger partial charge is 0.478 e. The van der Waals surface area contributed by atoms with Gasteiger partial charge in [0.2, 0.25) is 0 Å². The van der Waals surface area contributed by atoms with Crippen molar-refractivity contribution in [2.75, 3.05) is 13.1 Å². The monoisotopic (exact) mass is 275 g/mol. The lowest BCUT2D eigenvalue weighted by Crippen LogP contribution is -2.44. The maximum atomic E-state index is 10.6. The summed E-state index contributed by atoms with van der Waals surface area (Å²) >= 11 is 0. The van der Waals surface area contributed by atoms with Gasteiger partial charge in [-0.05, 0) is 31.1 Å². The molecule has 1 aliphatic heterocycles. The SMILES string of the molecule is CC1CN(Cc2ccccc2C=CC(=O)O)CC(C)O1. The molecule has 0 aromatic heterocycles. The predicted molar refractivity (Wildman–Crippen MR) is 78.4 cm³/mol. The minimum atomic E-state index is -0.923. The van der Waals surface area contributed by atoms with E-state index in [1.165, 1.54) is 6.08 Å². The van der Waals surface area contributed by atoms with E-state index in [2.05, 4.69) is 18.7 Å². The Bertz CT molecular complexity index is 488. The fraction of sp³-hybridized carbons (Fsp3) is 0.438. The number of carboxylic acids is 1. The van der Waals surface area contributed by atoms with Gasteiger partial charge in [0.1, 0.15) is 0 Å². The van der Waals surface area contributed by atoms with Gasteiger partial charge in [-0.2, -0.15) is 0 Å². The molecule has 4 heteroatoms. The van der Waals surface area contributed by atoms with Crippen LogP contribution in [0.1, 0.15) is 25.0 Å². The van der Waals surface area contributed by atoms with Crippen molar-refractivity contribution >= 4 is 12.0 Å². The minimum absolute atomic E-state index is 0.237. The van der Waals surface area contributed by atoms with Crippen LogP contribution in [0, 0.1) is 0 Å². The van der Waals surface area contributed by atoms with Gasteiger partial charge in [-0.3, -0.25) is 4.90 Å². The summed E-state index contributed by atoms with van der Waals surface area (Å²) in [6, 6.07) is 7.91. The number of benzene rings is 1. The number of morpholine rings is 1. The molecule has 1 aliphatic rings. The van der Waals surface area contributed by atoms with E-state index in [1.807, 2.05) is 24.3 Å². The lowest BCUT2D eigenvalue weighted by atomic mass is 10.1. The Labute approximate surface area is 119 Å². The molecule has 1 aromatic rings. The Hall–Kier alpha value is -1.65. The summed E-state index contributed by atoms with van der Waals surface area (Å²) in [6.45, 7) is 6.79. The highest BCUT2D eigenvalue weighted by Crippen LogP contribution is 2.17. The first-order chi connectivity index (χ1) is 9.54. The number of nitrogens with zero attached hydrogens (tertiary/aromatic N) is 1. The molecule has 2 atom stereocenters. The van der Waals surface area contributed by atoms with Crippen LogP contribution in [0.2, 0.25) is 0 Å². The first-order valence-electron chi connectivity index (χ1n) is 6.91. The molecule has 1 aromatic carbocycles. The van der Waals surface area contributed by atoms with Gasteiger partial charge in [0, 0.05) is 25.7 Å². The fourth-order valence-electron chi connectivity index (χ4n) is 2.66. The molecular formula is C16H21NO3. The summed E-state index contributed by atoms with van der Waals surface area (Å²) in [5, 5.41) is 8.74. The second-order valence-electron chi connectivity index (χ2n) is 5.32. The Balaban J connectivity index is 2.10. The number of carboxylic acid groups (broad SMARTS) is 1. The van der Waals surface area contributed by atoms with E-state index in [-0.39, 0.29) is 12.2 Å². The van der Waals surface area contributed by atoms with E-state index >= 15 is 0 Å². The lowest BCUT2D eigenvalue weighted by molar-refractivity contribution is -0.131. The molecule has 1 fully saturated rings. The molecule has 2 rings (SSSR count). The Morgan fingerprint density at radius 3 is 2.65 bits per heavy atom. The molecule has 1 saturated heterocycles. The van der Waals surface area contributed by atoms with Crippen molar-refractivity contribution in [2.45, 2.75) is 32.6 Å². The van der Waals surface area contributed by atoms with Crippen LogP contribution >= 0.6 is 0 Å². The number of carbonyl (C=O) groups is 1. The third-order valence-corrected chi connectivity index (χ3v) is 3.35. The van der Waals surface area contributed by atoms with Crippen LogP contribution < -0.4 is 0 Å². The zero-order valence-corrected chi connectivity index (χ0v) is 12.0. The molecule has 4 nitrogen and oxygen atoms in total. The smallest absolute Gasteiger partial charge is 0.328 e. The van der Waals surface area contributed by atoms with E-state index in [0.717, 1.165) is 30.8 Å². The third kappa shape index (κ3) is 4.18. The summed E-state index contributed by atoms with van der Waals surface area (Å²) in [7, 11) is 0. The van der Waals surface area contributed by atoms with E-state index in [0.29, 0.717) is 0 Å². The quantitative estimate of drug-likeness (QED) is 0.857. The second kappa shape index (κ2) is 6.68. The normalized spacial score (nSPS) is 24.1. The van der Waals surface area contributed by atoms with Crippen molar-refractivity contribution in [1.29, 1.82) is 0 Å². The maximum Gasteiger partial charge on any atom is 0.328 e. The topological polar surface area (TPSA) is 49.8 Å². The Morgan fingerprint density at radius 2 is 2.00 bits per heavy atom. The zero-order valence-electron chi connectivity index (χ0n) is 12.0. The van der Waals surface area contributed by atoms with Crippen molar-refractivity contribution < 1.29 is 14.6 Å². The van der Waals surface area contributed by atoms with Crippen LogP contribution in [-0.2, 0) is 16.1 Å². The molecule has 108 valence electrons. The summed E-state index contributed by atoms with van der Waals surface area (Å²) in [5.41, 5.74) is 2.10. The first kappa shape index (κ1) is 14.8. The number of aliphatic carboxylic acids is 1. The Kier molecular flexibility index (Phi) is 4.93. The summed E-state index contributed by atoms with van der Waals surface area (Å²) < 4.78 is 5.73. The average Bonchev–Trinajstić information content (AvgIpc) is 2.36. The molecular weight excluding hydrogens is 254 g/mol. The first-order valence-corrected chi connectivity index (χ1v) is 6.91. The summed E-state index contributed by atoms with van der Waals surface area (Å²) in [5.74, 6) is -0.923. The molecule has 0 bridgehead atoms. The highest BCUT2D eigenvalue weighted by atomic mass is 16.5. The van der Waals surface area contributed by atoms with Gasteiger partial charge in [0.05, 0.1) is 12.2 Å². The lowest BCUT2D eigenvalue weighted by Gasteiger charge is -2.35. The number of hydrogen-bond acceptors (Lipinski definition) is 3. The summed E-state index contributed by atoms with van der Waals surface area (Å²) in [4.78, 5) is 13.0. The van der Waals surface area contributed by atoms with E-state index in [1.54, 1.807) is 6.08 Å². The Morgan fingerprint density at radius 1 is 1.35 bits per heavy atom. The van der Waals surface area contributed by atoms with Crippen LogP contribution in [0.15, 0.2) is 30.3 Å². The predicted octanol–water partition coefficient (Wildman–Crippen LogP) is 2.39. The molecule has 0 aliphatic carbocycles. The van der Waals surface area contributed by atoms with E-state index in [4.69, 9.17) is 9.84 Å². The molecule has 2 unspecified atom stereocenters. The molecule has 1 heterocycles. The van der Waals surface area contributed by atoms with Gasteiger partial charge >= 0.3 is 5.97 Å². The van der Waals surface area contributed by atoms with Crippen molar-refractivity contribution in [1.82, 2.24) is 4.90 Å². The van der Waals surface area contributed by atoms with Crippen molar-refractivity contribution in [3.05, 3.63) is 41.5 Å². The maximum absolute atomic E-state index is 10.6. The standard InChI is InChI=1S/C16H21NO3/c1-12-9-17(10-13(2)20-12)11-15-6-4-3-5-14(15)7-8-16(18)19/h3-8,12-13H,9-11H2,1-2H3,(H,18,19). The van der Waals surface area contributed by atoms with Gasteiger partial charge in [-0.25, -0.2) is 4.79 Å². The molecule has 1 N–H and O–H groups in total. The van der Waals surface area contributed by atoms with Crippen molar-refractivity contribution in [3.8, 4) is 0 Å². The van der Waals surface area contributed by atoms with Crippen LogP contribution in [0.5, 0.6) is 0 Å². The number of rotatable bonds is 4.